The zero-order valence-corrected chi connectivity index (χ0v) is 10.9. The smallest absolute Gasteiger partial charge is 0.125 e. The van der Waals surface area contributed by atoms with Gasteiger partial charge in [0.05, 0.1) is 0 Å². The molecular weight excluding hydrogens is 239 g/mol. The van der Waals surface area contributed by atoms with Crippen LogP contribution in [0.5, 0.6) is 0 Å². The van der Waals surface area contributed by atoms with Crippen LogP contribution in [0.3, 0.4) is 0 Å². The summed E-state index contributed by atoms with van der Waals surface area (Å²) in [7, 11) is 0. The lowest BCUT2D eigenvalue weighted by Crippen LogP contribution is -2.33. The summed E-state index contributed by atoms with van der Waals surface area (Å²) >= 11 is 0. The molecule has 1 unspecified atom stereocenters. The van der Waals surface area contributed by atoms with E-state index in [1.165, 1.54) is 11.6 Å². The Balaban J connectivity index is 2.08. The van der Waals surface area contributed by atoms with Crippen molar-refractivity contribution >= 4 is 11.4 Å². The second-order valence-corrected chi connectivity index (χ2v) is 5.00. The van der Waals surface area contributed by atoms with Crippen molar-refractivity contribution in [2.45, 2.75) is 19.5 Å². The zero-order valence-electron chi connectivity index (χ0n) is 10.9. The van der Waals surface area contributed by atoms with E-state index in [9.17, 15) is 4.39 Å². The van der Waals surface area contributed by atoms with E-state index in [1.54, 1.807) is 12.1 Å². The van der Waals surface area contributed by atoms with E-state index < -0.39 is 0 Å². The number of hydrogen-bond acceptors (Lipinski definition) is 2. The van der Waals surface area contributed by atoms with Crippen LogP contribution in [0, 0.1) is 5.82 Å². The summed E-state index contributed by atoms with van der Waals surface area (Å²) in [5, 5.41) is 3.48. The highest BCUT2D eigenvalue weighted by molar-refractivity contribution is 5.67. The van der Waals surface area contributed by atoms with Crippen LogP contribution in [0.4, 0.5) is 15.8 Å². The molecule has 1 heterocycles. The van der Waals surface area contributed by atoms with Crippen molar-refractivity contribution < 1.29 is 4.39 Å². The first-order valence-corrected chi connectivity index (χ1v) is 6.58. The van der Waals surface area contributed by atoms with Crippen molar-refractivity contribution in [2.24, 2.45) is 0 Å². The van der Waals surface area contributed by atoms with Crippen molar-refractivity contribution in [1.29, 1.82) is 0 Å². The molecule has 0 saturated carbocycles. The standard InChI is InChI=1S/C16H17FN2/c1-12-11-19(15-7-4-6-14(17)9-15)16-8-3-2-5-13(16)10-18-12/h2-9,12,18H,10-11H2,1H3. The van der Waals surface area contributed by atoms with Crippen molar-refractivity contribution in [1.82, 2.24) is 5.32 Å². The minimum absolute atomic E-state index is 0.195. The van der Waals surface area contributed by atoms with Crippen molar-refractivity contribution in [3.05, 3.63) is 59.9 Å². The van der Waals surface area contributed by atoms with Crippen LogP contribution in [0.25, 0.3) is 0 Å². The van der Waals surface area contributed by atoms with Gasteiger partial charge in [0.2, 0.25) is 0 Å². The molecule has 0 amide bonds. The number of hydrogen-bond donors (Lipinski definition) is 1. The maximum Gasteiger partial charge on any atom is 0.125 e. The lowest BCUT2D eigenvalue weighted by Gasteiger charge is -2.26. The zero-order chi connectivity index (χ0) is 13.2. The van der Waals surface area contributed by atoms with E-state index in [0.717, 1.165) is 24.5 Å². The van der Waals surface area contributed by atoms with Crippen LogP contribution in [-0.2, 0) is 6.54 Å². The Labute approximate surface area is 112 Å². The third kappa shape index (κ3) is 2.47. The van der Waals surface area contributed by atoms with Gasteiger partial charge in [0.15, 0.2) is 0 Å². The molecule has 3 heteroatoms. The van der Waals surface area contributed by atoms with E-state index in [4.69, 9.17) is 0 Å². The Bertz CT molecular complexity index is 582. The van der Waals surface area contributed by atoms with E-state index in [0.29, 0.717) is 6.04 Å². The van der Waals surface area contributed by atoms with Crippen LogP contribution in [-0.4, -0.2) is 12.6 Å². The summed E-state index contributed by atoms with van der Waals surface area (Å²) in [5.74, 6) is -0.195. The highest BCUT2D eigenvalue weighted by atomic mass is 19.1. The molecule has 1 N–H and O–H groups in total. The van der Waals surface area contributed by atoms with Crippen LogP contribution < -0.4 is 10.2 Å². The summed E-state index contributed by atoms with van der Waals surface area (Å²) in [6.07, 6.45) is 0. The molecule has 98 valence electrons. The lowest BCUT2D eigenvalue weighted by atomic mass is 10.1. The SMILES string of the molecule is CC1CN(c2cccc(F)c2)c2ccccc2CN1. The van der Waals surface area contributed by atoms with Gasteiger partial charge in [-0.05, 0) is 36.8 Å². The molecule has 0 spiro atoms. The Kier molecular flexibility index (Phi) is 3.22. The summed E-state index contributed by atoms with van der Waals surface area (Å²) in [6, 6.07) is 15.4. The normalized spacial score (nSPS) is 18.8. The number of benzene rings is 2. The van der Waals surface area contributed by atoms with E-state index in [-0.39, 0.29) is 5.82 Å². The predicted molar refractivity (Wildman–Crippen MR) is 76.1 cm³/mol. The summed E-state index contributed by atoms with van der Waals surface area (Å²) in [4.78, 5) is 2.18. The maximum absolute atomic E-state index is 13.5. The van der Waals surface area contributed by atoms with E-state index in [1.807, 2.05) is 18.2 Å². The number of halogens is 1. The summed E-state index contributed by atoms with van der Waals surface area (Å²) in [5.41, 5.74) is 3.31. The van der Waals surface area contributed by atoms with Gasteiger partial charge >= 0.3 is 0 Å². The van der Waals surface area contributed by atoms with Gasteiger partial charge in [0, 0.05) is 30.5 Å². The van der Waals surface area contributed by atoms with Gasteiger partial charge in [-0.3, -0.25) is 0 Å². The maximum atomic E-state index is 13.5. The fraction of sp³-hybridized carbons (Fsp3) is 0.250. The van der Waals surface area contributed by atoms with Crippen molar-refractivity contribution in [3.63, 3.8) is 0 Å². The lowest BCUT2D eigenvalue weighted by molar-refractivity contribution is 0.567. The van der Waals surface area contributed by atoms with Gasteiger partial charge in [-0.1, -0.05) is 24.3 Å². The van der Waals surface area contributed by atoms with Crippen LogP contribution in [0.15, 0.2) is 48.5 Å². The molecule has 1 aliphatic rings. The molecule has 2 aromatic rings. The second kappa shape index (κ2) is 5.02. The van der Waals surface area contributed by atoms with Gasteiger partial charge < -0.3 is 10.2 Å². The molecule has 0 bridgehead atoms. The summed E-state index contributed by atoms with van der Waals surface area (Å²) in [6.45, 7) is 3.84. The topological polar surface area (TPSA) is 15.3 Å². The Morgan fingerprint density at radius 3 is 2.84 bits per heavy atom. The third-order valence-corrected chi connectivity index (χ3v) is 3.50. The van der Waals surface area contributed by atoms with Gasteiger partial charge in [-0.25, -0.2) is 4.39 Å². The fourth-order valence-corrected chi connectivity index (χ4v) is 2.53. The average Bonchev–Trinajstić information content (AvgIpc) is 2.59. The molecule has 0 aromatic heterocycles. The minimum Gasteiger partial charge on any atom is -0.340 e. The van der Waals surface area contributed by atoms with Gasteiger partial charge in [0.25, 0.3) is 0 Å². The van der Waals surface area contributed by atoms with E-state index >= 15 is 0 Å². The van der Waals surface area contributed by atoms with Gasteiger partial charge in [0.1, 0.15) is 5.82 Å². The largest absolute Gasteiger partial charge is 0.340 e. The number of rotatable bonds is 1. The molecule has 0 aliphatic carbocycles. The predicted octanol–water partition coefficient (Wildman–Crippen LogP) is 3.46. The first-order valence-electron chi connectivity index (χ1n) is 6.58. The highest BCUT2D eigenvalue weighted by Crippen LogP contribution is 2.30. The second-order valence-electron chi connectivity index (χ2n) is 5.00. The quantitative estimate of drug-likeness (QED) is 0.840. The molecule has 0 fully saturated rings. The van der Waals surface area contributed by atoms with Gasteiger partial charge in [-0.15, -0.1) is 0 Å². The van der Waals surface area contributed by atoms with Crippen molar-refractivity contribution in [3.8, 4) is 0 Å². The molecule has 19 heavy (non-hydrogen) atoms. The minimum atomic E-state index is -0.195. The molecule has 0 saturated heterocycles. The average molecular weight is 256 g/mol. The number of anilines is 2. The molecule has 2 nitrogen and oxygen atoms in total. The Morgan fingerprint density at radius 1 is 1.16 bits per heavy atom. The van der Waals surface area contributed by atoms with Crippen LogP contribution >= 0.6 is 0 Å². The number of nitrogens with one attached hydrogen (secondary N) is 1. The number of nitrogens with zero attached hydrogens (tertiary/aromatic N) is 1. The highest BCUT2D eigenvalue weighted by Gasteiger charge is 2.19. The Morgan fingerprint density at radius 2 is 2.00 bits per heavy atom. The van der Waals surface area contributed by atoms with Gasteiger partial charge in [-0.2, -0.15) is 0 Å². The number of para-hydroxylation sites is 1. The fourth-order valence-electron chi connectivity index (χ4n) is 2.53. The first-order chi connectivity index (χ1) is 9.24. The van der Waals surface area contributed by atoms with Crippen LogP contribution in [0.1, 0.15) is 12.5 Å². The molecule has 3 rings (SSSR count). The molecule has 1 aliphatic heterocycles. The molecular formula is C16H17FN2. The third-order valence-electron chi connectivity index (χ3n) is 3.50. The molecule has 1 atom stereocenters. The Hall–Kier alpha value is -1.87. The first kappa shape index (κ1) is 12.2. The number of fused-ring (bicyclic) bond motifs is 1. The van der Waals surface area contributed by atoms with E-state index in [2.05, 4.69) is 29.3 Å². The monoisotopic (exact) mass is 256 g/mol. The molecule has 0 radical (unpaired) electrons. The van der Waals surface area contributed by atoms with Crippen molar-refractivity contribution in [2.75, 3.05) is 11.4 Å². The molecule has 2 aromatic carbocycles. The van der Waals surface area contributed by atoms with Crippen LogP contribution in [0.2, 0.25) is 0 Å². The summed E-state index contributed by atoms with van der Waals surface area (Å²) < 4.78 is 13.5.